The minimum Gasteiger partial charge on any atom is -0.338 e. The fourth-order valence-electron chi connectivity index (χ4n) is 7.61. The smallest absolute Gasteiger partial charge is 0.246 e. The number of rotatable bonds is 2. The summed E-state index contributed by atoms with van der Waals surface area (Å²) in [5.74, 6) is 3.31. The molecule has 1 aliphatic heterocycles. The molecule has 0 N–H and O–H groups in total. The summed E-state index contributed by atoms with van der Waals surface area (Å²) in [4.78, 5) is 14.3. The normalized spacial score (nSPS) is 46.1. The Morgan fingerprint density at radius 2 is 1.96 bits per heavy atom. The molecule has 0 aromatic rings. The fourth-order valence-corrected chi connectivity index (χ4v) is 7.61. The minimum absolute atomic E-state index is 0.118. The molecular weight excluding hydrogens is 318 g/mol. The van der Waals surface area contributed by atoms with Gasteiger partial charge in [0, 0.05) is 18.5 Å². The summed E-state index contributed by atoms with van der Waals surface area (Å²) in [5, 5.41) is 0. The van der Waals surface area contributed by atoms with Gasteiger partial charge in [-0.1, -0.05) is 51.3 Å². The molecule has 1 amide bonds. The summed E-state index contributed by atoms with van der Waals surface area (Å²) < 4.78 is 0. The van der Waals surface area contributed by atoms with Crippen molar-refractivity contribution < 1.29 is 4.79 Å². The Balaban J connectivity index is 1.75. The van der Waals surface area contributed by atoms with E-state index in [-0.39, 0.29) is 11.3 Å². The molecule has 2 nitrogen and oxygen atoms in total. The monoisotopic (exact) mass is 355 g/mol. The van der Waals surface area contributed by atoms with E-state index in [1.807, 2.05) is 18.0 Å². The van der Waals surface area contributed by atoms with Crippen LogP contribution >= 0.6 is 0 Å². The second-order valence-corrected chi connectivity index (χ2v) is 10.3. The van der Waals surface area contributed by atoms with Crippen LogP contribution in [0.5, 0.6) is 0 Å². The number of hydrogen-bond donors (Lipinski definition) is 0. The van der Waals surface area contributed by atoms with Crippen LogP contribution in [-0.2, 0) is 4.79 Å². The Hall–Kier alpha value is -1.05. The van der Waals surface area contributed by atoms with Crippen LogP contribution in [0.25, 0.3) is 0 Å². The molecule has 0 radical (unpaired) electrons. The van der Waals surface area contributed by atoms with E-state index in [0.29, 0.717) is 17.4 Å². The van der Waals surface area contributed by atoms with E-state index in [9.17, 15) is 4.79 Å². The van der Waals surface area contributed by atoms with Gasteiger partial charge >= 0.3 is 0 Å². The maximum absolute atomic E-state index is 12.3. The summed E-state index contributed by atoms with van der Waals surface area (Å²) in [7, 11) is 2.01. The molecule has 0 aromatic carbocycles. The van der Waals surface area contributed by atoms with Crippen molar-refractivity contribution in [3.63, 3.8) is 0 Å². The van der Waals surface area contributed by atoms with Crippen LogP contribution in [0, 0.1) is 34.5 Å². The fraction of sp³-hybridized carbons (Fsp3) is 0.792. The highest BCUT2D eigenvalue weighted by molar-refractivity contribution is 5.89. The van der Waals surface area contributed by atoms with Crippen LogP contribution in [-0.4, -0.2) is 23.9 Å². The van der Waals surface area contributed by atoms with Crippen molar-refractivity contribution in [1.82, 2.24) is 4.90 Å². The van der Waals surface area contributed by atoms with Crippen molar-refractivity contribution in [2.24, 2.45) is 34.5 Å². The number of likely N-dealkylation sites (N-methyl/N-ethyl adjacent to an activating group) is 1. The Kier molecular flexibility index (Phi) is 4.21. The van der Waals surface area contributed by atoms with E-state index in [2.05, 4.69) is 40.7 Å². The zero-order chi connectivity index (χ0) is 18.9. The van der Waals surface area contributed by atoms with E-state index in [1.165, 1.54) is 32.1 Å². The Bertz CT molecular complexity index is 676. The quantitative estimate of drug-likeness (QED) is 0.591. The lowest BCUT2D eigenvalue weighted by Gasteiger charge is -2.58. The Morgan fingerprint density at radius 1 is 1.23 bits per heavy atom. The second-order valence-electron chi connectivity index (χ2n) is 10.3. The molecule has 2 saturated carbocycles. The highest BCUT2D eigenvalue weighted by Gasteiger charge is 2.59. The van der Waals surface area contributed by atoms with Crippen molar-refractivity contribution in [2.75, 3.05) is 7.05 Å². The van der Waals surface area contributed by atoms with Crippen LogP contribution in [0.2, 0.25) is 0 Å². The third-order valence-electron chi connectivity index (χ3n) is 9.32. The third-order valence-corrected chi connectivity index (χ3v) is 9.32. The van der Waals surface area contributed by atoms with Crippen molar-refractivity contribution >= 4 is 5.91 Å². The van der Waals surface area contributed by atoms with Gasteiger partial charge in [0.15, 0.2) is 0 Å². The standard InChI is InChI=1S/C24H37NO/c1-7-15(2)17-8-9-18-22-16(3)14-20-24(5,13-11-21(26)25(20)6)19(22)10-12-23(17,18)4/h11,13,15,17-20H,7-10,12,14H2,1-6H3/t15?,17-,18+,19+,20?,23-,24-/m1/s1. The summed E-state index contributed by atoms with van der Waals surface area (Å²) in [6.07, 6.45) is 12.0. The average Bonchev–Trinajstić information content (AvgIpc) is 2.97. The van der Waals surface area contributed by atoms with Gasteiger partial charge in [-0.05, 0) is 74.2 Å². The van der Waals surface area contributed by atoms with Gasteiger partial charge in [-0.25, -0.2) is 0 Å². The molecule has 0 saturated heterocycles. The highest BCUT2D eigenvalue weighted by Crippen LogP contribution is 2.66. The lowest BCUT2D eigenvalue weighted by atomic mass is 9.49. The molecule has 3 aliphatic carbocycles. The third kappa shape index (κ3) is 2.26. The van der Waals surface area contributed by atoms with E-state index in [1.54, 1.807) is 11.1 Å². The van der Waals surface area contributed by atoms with E-state index >= 15 is 0 Å². The van der Waals surface area contributed by atoms with Crippen LogP contribution in [0.4, 0.5) is 0 Å². The Labute approximate surface area is 160 Å². The molecule has 7 atom stereocenters. The first-order chi connectivity index (χ1) is 12.2. The first-order valence-electron chi connectivity index (χ1n) is 10.9. The van der Waals surface area contributed by atoms with Crippen LogP contribution in [0.3, 0.4) is 0 Å². The van der Waals surface area contributed by atoms with Gasteiger partial charge in [0.05, 0.1) is 0 Å². The van der Waals surface area contributed by atoms with Crippen molar-refractivity contribution in [2.45, 2.75) is 79.2 Å². The summed E-state index contributed by atoms with van der Waals surface area (Å²) in [5.41, 5.74) is 4.02. The van der Waals surface area contributed by atoms with Crippen LogP contribution in [0.1, 0.15) is 73.1 Å². The van der Waals surface area contributed by atoms with Gasteiger partial charge in [-0.15, -0.1) is 0 Å². The maximum Gasteiger partial charge on any atom is 0.246 e. The summed E-state index contributed by atoms with van der Waals surface area (Å²) in [6.45, 7) is 12.3. The Morgan fingerprint density at radius 3 is 2.65 bits per heavy atom. The molecule has 2 unspecified atom stereocenters. The topological polar surface area (TPSA) is 20.3 Å². The summed E-state index contributed by atoms with van der Waals surface area (Å²) in [6, 6.07) is 0.338. The second kappa shape index (κ2) is 5.97. The first kappa shape index (κ1) is 18.3. The number of fused-ring (bicyclic) bond motifs is 5. The zero-order valence-corrected chi connectivity index (χ0v) is 17.6. The lowest BCUT2D eigenvalue weighted by molar-refractivity contribution is -0.131. The molecule has 2 fully saturated rings. The minimum atomic E-state index is 0.118. The first-order valence-corrected chi connectivity index (χ1v) is 10.9. The number of hydrogen-bond acceptors (Lipinski definition) is 1. The van der Waals surface area contributed by atoms with Gasteiger partial charge < -0.3 is 4.90 Å². The van der Waals surface area contributed by atoms with Crippen LogP contribution in [0.15, 0.2) is 23.3 Å². The predicted octanol–water partition coefficient (Wildman–Crippen LogP) is 5.60. The molecule has 144 valence electrons. The average molecular weight is 356 g/mol. The summed E-state index contributed by atoms with van der Waals surface area (Å²) >= 11 is 0. The maximum atomic E-state index is 12.3. The number of nitrogens with zero attached hydrogens (tertiary/aromatic N) is 1. The number of carbonyl (C=O) groups excluding carboxylic acids is 1. The highest BCUT2D eigenvalue weighted by atomic mass is 16.2. The van der Waals surface area contributed by atoms with Crippen molar-refractivity contribution in [3.8, 4) is 0 Å². The van der Waals surface area contributed by atoms with E-state index < -0.39 is 0 Å². The number of allylic oxidation sites excluding steroid dienone is 1. The van der Waals surface area contributed by atoms with Gasteiger partial charge in [0.1, 0.15) is 0 Å². The van der Waals surface area contributed by atoms with Gasteiger partial charge in [-0.3, -0.25) is 4.79 Å². The lowest BCUT2D eigenvalue weighted by Crippen LogP contribution is -2.57. The molecule has 26 heavy (non-hydrogen) atoms. The zero-order valence-electron chi connectivity index (χ0n) is 17.6. The molecular formula is C24H37NO. The largest absolute Gasteiger partial charge is 0.338 e. The molecule has 0 bridgehead atoms. The van der Waals surface area contributed by atoms with Crippen molar-refractivity contribution in [1.29, 1.82) is 0 Å². The molecule has 0 aromatic heterocycles. The molecule has 4 aliphatic rings. The van der Waals surface area contributed by atoms with Gasteiger partial charge in [-0.2, -0.15) is 0 Å². The molecule has 2 heteroatoms. The molecule has 1 heterocycles. The number of amides is 1. The molecule has 0 spiro atoms. The van der Waals surface area contributed by atoms with Crippen molar-refractivity contribution in [3.05, 3.63) is 23.3 Å². The van der Waals surface area contributed by atoms with E-state index in [4.69, 9.17) is 0 Å². The van der Waals surface area contributed by atoms with Gasteiger partial charge in [0.2, 0.25) is 5.91 Å². The SMILES string of the molecule is CCC(C)[C@H]1CC[C@H]2C3=C(C)CC4N(C)C(=O)C=C[C@]4(C)[C@H]3CC[C@]12C. The van der Waals surface area contributed by atoms with Crippen LogP contribution < -0.4 is 0 Å². The van der Waals surface area contributed by atoms with Gasteiger partial charge in [0.25, 0.3) is 0 Å². The molecule has 4 rings (SSSR count). The predicted molar refractivity (Wildman–Crippen MR) is 108 cm³/mol. The van der Waals surface area contributed by atoms with E-state index in [0.717, 1.165) is 24.2 Å². The number of carbonyl (C=O) groups is 1.